The number of hydrogen-bond donors (Lipinski definition) is 2. The molecule has 4 fully saturated rings. The number of allylic oxidation sites excluding steroid dienone is 4. The molecule has 2 N–H and O–H groups in total. The molecule has 3 saturated carbocycles. The van der Waals surface area contributed by atoms with Crippen LogP contribution in [-0.2, 0) is 19.1 Å². The molecule has 7 heteroatoms. The molecular weight excluding hydrogens is 391 g/mol. The van der Waals surface area contributed by atoms with Crippen LogP contribution in [0.25, 0.3) is 0 Å². The Balaban J connectivity index is 1.61. The summed E-state index contributed by atoms with van der Waals surface area (Å²) in [5, 5.41) is 21.7. The SMILES string of the molecule is CC1(C)O[C@@H]2CC3C4C[C@H](F)C5=CC(=O)C=C[C@]5(C)C4[C@@H](O)C[C@]3(C)[C@]2(C(=O)O)O1. The number of carbonyl (C=O) groups excluding carboxylic acids is 1. The molecule has 6 nitrogen and oxygen atoms in total. The monoisotopic (exact) mass is 420 g/mol. The third kappa shape index (κ3) is 2.24. The maximum Gasteiger partial charge on any atom is 0.339 e. The maximum atomic E-state index is 15.4. The topological polar surface area (TPSA) is 93.1 Å². The number of aliphatic carboxylic acids is 1. The molecule has 0 aromatic carbocycles. The molecule has 164 valence electrons. The number of aliphatic hydroxyl groups is 1. The van der Waals surface area contributed by atoms with E-state index < -0.39 is 46.6 Å². The van der Waals surface area contributed by atoms with Gasteiger partial charge in [0.2, 0.25) is 0 Å². The number of carboxylic acid groups (broad SMARTS) is 1. The van der Waals surface area contributed by atoms with E-state index in [2.05, 4.69) is 0 Å². The molecule has 5 aliphatic rings. The maximum absolute atomic E-state index is 15.4. The van der Waals surface area contributed by atoms with Crippen LogP contribution in [0.5, 0.6) is 0 Å². The summed E-state index contributed by atoms with van der Waals surface area (Å²) in [5.41, 5.74) is -2.82. The average molecular weight is 420 g/mol. The van der Waals surface area contributed by atoms with Crippen LogP contribution in [0.2, 0.25) is 0 Å². The molecule has 0 radical (unpaired) electrons. The van der Waals surface area contributed by atoms with Gasteiger partial charge in [-0.15, -0.1) is 0 Å². The second-order valence-electron chi connectivity index (χ2n) is 10.7. The molecule has 5 rings (SSSR count). The Labute approximate surface area is 175 Å². The summed E-state index contributed by atoms with van der Waals surface area (Å²) in [6, 6.07) is 0. The third-order valence-corrected chi connectivity index (χ3v) is 8.79. The number of carbonyl (C=O) groups is 2. The number of ether oxygens (including phenoxy) is 2. The minimum atomic E-state index is -1.58. The molecule has 0 aromatic heterocycles. The summed E-state index contributed by atoms with van der Waals surface area (Å²) in [6.07, 6.45) is 2.59. The largest absolute Gasteiger partial charge is 0.479 e. The lowest BCUT2D eigenvalue weighted by Crippen LogP contribution is -2.64. The lowest BCUT2D eigenvalue weighted by Gasteiger charge is -2.60. The number of rotatable bonds is 1. The van der Waals surface area contributed by atoms with Gasteiger partial charge < -0.3 is 19.7 Å². The molecule has 9 atom stereocenters. The van der Waals surface area contributed by atoms with Crippen molar-refractivity contribution in [3.05, 3.63) is 23.8 Å². The Morgan fingerprint density at radius 2 is 1.93 bits per heavy atom. The Bertz CT molecular complexity index is 894. The van der Waals surface area contributed by atoms with Crippen molar-refractivity contribution in [2.24, 2.45) is 28.6 Å². The molecular formula is C23H29FO6. The van der Waals surface area contributed by atoms with Gasteiger partial charge in [-0.1, -0.05) is 19.9 Å². The van der Waals surface area contributed by atoms with Gasteiger partial charge in [0.25, 0.3) is 0 Å². The Hall–Kier alpha value is -1.57. The van der Waals surface area contributed by atoms with Crippen molar-refractivity contribution in [2.75, 3.05) is 0 Å². The van der Waals surface area contributed by atoms with Crippen molar-refractivity contribution in [1.82, 2.24) is 0 Å². The highest BCUT2D eigenvalue weighted by atomic mass is 19.1. The summed E-state index contributed by atoms with van der Waals surface area (Å²) < 4.78 is 27.5. The van der Waals surface area contributed by atoms with E-state index in [0.717, 1.165) is 0 Å². The highest BCUT2D eigenvalue weighted by Gasteiger charge is 2.78. The van der Waals surface area contributed by atoms with Gasteiger partial charge in [0.15, 0.2) is 17.2 Å². The lowest BCUT2D eigenvalue weighted by molar-refractivity contribution is -0.234. The fourth-order valence-corrected chi connectivity index (χ4v) is 7.80. The molecule has 0 aromatic rings. The zero-order valence-electron chi connectivity index (χ0n) is 17.7. The zero-order valence-corrected chi connectivity index (χ0v) is 17.7. The van der Waals surface area contributed by atoms with Crippen molar-refractivity contribution in [3.63, 3.8) is 0 Å². The quantitative estimate of drug-likeness (QED) is 0.678. The number of alkyl halides is 1. The fraction of sp³-hybridized carbons (Fsp3) is 0.739. The van der Waals surface area contributed by atoms with Crippen LogP contribution in [0.15, 0.2) is 23.8 Å². The minimum Gasteiger partial charge on any atom is -0.479 e. The van der Waals surface area contributed by atoms with E-state index in [-0.39, 0.29) is 36.4 Å². The summed E-state index contributed by atoms with van der Waals surface area (Å²) >= 11 is 0. The Morgan fingerprint density at radius 3 is 2.60 bits per heavy atom. The predicted molar refractivity (Wildman–Crippen MR) is 104 cm³/mol. The summed E-state index contributed by atoms with van der Waals surface area (Å²) in [7, 11) is 0. The summed E-state index contributed by atoms with van der Waals surface area (Å²) in [5.74, 6) is -3.07. The second kappa shape index (κ2) is 5.81. The minimum absolute atomic E-state index is 0.163. The molecule has 1 aliphatic heterocycles. The molecule has 1 saturated heterocycles. The van der Waals surface area contributed by atoms with Crippen molar-refractivity contribution < 1.29 is 33.7 Å². The van der Waals surface area contributed by atoms with Gasteiger partial charge in [-0.25, -0.2) is 9.18 Å². The van der Waals surface area contributed by atoms with Gasteiger partial charge in [-0.3, -0.25) is 4.79 Å². The van der Waals surface area contributed by atoms with Gasteiger partial charge in [-0.2, -0.15) is 0 Å². The van der Waals surface area contributed by atoms with E-state index in [1.807, 2.05) is 13.8 Å². The van der Waals surface area contributed by atoms with Gasteiger partial charge >= 0.3 is 5.97 Å². The van der Waals surface area contributed by atoms with Crippen LogP contribution in [-0.4, -0.2) is 51.7 Å². The van der Waals surface area contributed by atoms with Gasteiger partial charge in [-0.05, 0) is 62.7 Å². The molecule has 3 unspecified atom stereocenters. The van der Waals surface area contributed by atoms with Crippen LogP contribution in [0.1, 0.15) is 47.0 Å². The van der Waals surface area contributed by atoms with Gasteiger partial charge in [0.1, 0.15) is 12.3 Å². The van der Waals surface area contributed by atoms with Crippen LogP contribution in [0, 0.1) is 28.6 Å². The number of ketones is 1. The Morgan fingerprint density at radius 1 is 1.23 bits per heavy atom. The normalized spacial score (nSPS) is 53.4. The smallest absolute Gasteiger partial charge is 0.339 e. The molecule has 0 amide bonds. The number of halogens is 1. The van der Waals surface area contributed by atoms with E-state index in [0.29, 0.717) is 12.0 Å². The summed E-state index contributed by atoms with van der Waals surface area (Å²) in [4.78, 5) is 24.5. The number of hydrogen-bond acceptors (Lipinski definition) is 5. The zero-order chi connectivity index (χ0) is 21.9. The highest BCUT2D eigenvalue weighted by Crippen LogP contribution is 2.70. The third-order valence-electron chi connectivity index (χ3n) is 8.79. The van der Waals surface area contributed by atoms with E-state index in [1.165, 1.54) is 12.2 Å². The average Bonchev–Trinajstić information content (AvgIpc) is 3.03. The first-order chi connectivity index (χ1) is 13.9. The molecule has 0 spiro atoms. The molecule has 0 bridgehead atoms. The van der Waals surface area contributed by atoms with Crippen LogP contribution < -0.4 is 0 Å². The molecule has 1 heterocycles. The van der Waals surface area contributed by atoms with Crippen molar-refractivity contribution in [2.45, 2.75) is 76.7 Å². The van der Waals surface area contributed by atoms with E-state index in [1.54, 1.807) is 19.9 Å². The van der Waals surface area contributed by atoms with Crippen LogP contribution >= 0.6 is 0 Å². The van der Waals surface area contributed by atoms with E-state index >= 15 is 4.39 Å². The van der Waals surface area contributed by atoms with E-state index in [9.17, 15) is 19.8 Å². The van der Waals surface area contributed by atoms with Crippen molar-refractivity contribution >= 4 is 11.8 Å². The Kier molecular flexibility index (Phi) is 3.94. The standard InChI is InChI=1S/C23H29FO6/c1-20(2)29-17-9-13-12-8-15(24)14-7-11(25)5-6-21(14,3)18(12)16(26)10-22(13,4)23(17,30-20)19(27)28/h5-7,12-13,15-18,26H,8-10H2,1-4H3,(H,27,28)/t12?,13?,15-,16-,17+,18?,21-,22-,23-/m0/s1. The van der Waals surface area contributed by atoms with Gasteiger partial charge in [0.05, 0.1) is 6.10 Å². The first kappa shape index (κ1) is 20.3. The van der Waals surface area contributed by atoms with Crippen molar-refractivity contribution in [3.8, 4) is 0 Å². The summed E-state index contributed by atoms with van der Waals surface area (Å²) in [6.45, 7) is 7.15. The predicted octanol–water partition coefficient (Wildman–Crippen LogP) is 2.80. The number of fused-ring (bicyclic) bond motifs is 7. The second-order valence-corrected chi connectivity index (χ2v) is 10.7. The van der Waals surface area contributed by atoms with Crippen LogP contribution in [0.4, 0.5) is 4.39 Å². The first-order valence-electron chi connectivity index (χ1n) is 10.7. The van der Waals surface area contributed by atoms with Gasteiger partial charge in [0, 0.05) is 16.7 Å². The number of aliphatic hydroxyl groups excluding tert-OH is 1. The number of carboxylic acids is 1. The molecule has 30 heavy (non-hydrogen) atoms. The first-order valence-corrected chi connectivity index (χ1v) is 10.7. The highest BCUT2D eigenvalue weighted by molar-refractivity contribution is 6.01. The van der Waals surface area contributed by atoms with Crippen molar-refractivity contribution in [1.29, 1.82) is 0 Å². The lowest BCUT2D eigenvalue weighted by atomic mass is 9.46. The van der Waals surface area contributed by atoms with Crippen LogP contribution in [0.3, 0.4) is 0 Å². The molecule has 4 aliphatic carbocycles. The fourth-order valence-electron chi connectivity index (χ4n) is 7.80. The van der Waals surface area contributed by atoms with E-state index in [4.69, 9.17) is 9.47 Å².